The second kappa shape index (κ2) is 9.77. The van der Waals surface area contributed by atoms with Crippen molar-refractivity contribution in [3.8, 4) is 11.3 Å². The second-order valence-electron chi connectivity index (χ2n) is 7.39. The normalized spacial score (nSPS) is 18.3. The molecule has 1 aliphatic rings. The van der Waals surface area contributed by atoms with E-state index in [9.17, 15) is 13.6 Å². The molecule has 3 aromatic rings. The highest BCUT2D eigenvalue weighted by Gasteiger charge is 2.29. The van der Waals surface area contributed by atoms with E-state index >= 15 is 0 Å². The number of rotatable bonds is 4. The van der Waals surface area contributed by atoms with Gasteiger partial charge < -0.3 is 10.6 Å². The Morgan fingerprint density at radius 1 is 1.19 bits per heavy atom. The molecule has 164 valence electrons. The van der Waals surface area contributed by atoms with Crippen LogP contribution in [0.4, 0.5) is 8.78 Å². The zero-order valence-electron chi connectivity index (χ0n) is 16.7. The lowest BCUT2D eigenvalue weighted by molar-refractivity contribution is 0.0924. The number of hydrogen-bond acceptors (Lipinski definition) is 3. The molecule has 9 heteroatoms. The number of hydrogen-bond donors (Lipinski definition) is 2. The highest BCUT2D eigenvalue weighted by atomic mass is 35.5. The molecule has 5 nitrogen and oxygen atoms in total. The summed E-state index contributed by atoms with van der Waals surface area (Å²) in [6, 6.07) is 10.7. The van der Waals surface area contributed by atoms with Crippen LogP contribution in [0, 0.1) is 11.6 Å². The van der Waals surface area contributed by atoms with Crippen LogP contribution in [0.3, 0.4) is 0 Å². The van der Waals surface area contributed by atoms with Crippen LogP contribution >= 0.6 is 24.0 Å². The molecule has 2 heterocycles. The van der Waals surface area contributed by atoms with E-state index in [1.54, 1.807) is 29.1 Å². The molecule has 1 amide bonds. The summed E-state index contributed by atoms with van der Waals surface area (Å²) in [5.41, 5.74) is 2.77. The summed E-state index contributed by atoms with van der Waals surface area (Å²) in [7, 11) is 1.83. The van der Waals surface area contributed by atoms with Crippen LogP contribution in [-0.2, 0) is 7.05 Å². The van der Waals surface area contributed by atoms with Crippen LogP contribution in [-0.4, -0.2) is 34.8 Å². The maximum atomic E-state index is 13.7. The lowest BCUT2D eigenvalue weighted by Crippen LogP contribution is -2.50. The maximum Gasteiger partial charge on any atom is 0.253 e. The number of nitrogens with zero attached hydrogens (tertiary/aromatic N) is 2. The van der Waals surface area contributed by atoms with E-state index in [1.807, 2.05) is 19.2 Å². The number of nitrogens with one attached hydrogen (secondary N) is 2. The van der Waals surface area contributed by atoms with Crippen molar-refractivity contribution >= 4 is 29.9 Å². The molecule has 1 aliphatic heterocycles. The van der Waals surface area contributed by atoms with E-state index in [0.29, 0.717) is 29.1 Å². The third kappa shape index (κ3) is 4.89. The third-order valence-electron chi connectivity index (χ3n) is 5.50. The van der Waals surface area contributed by atoms with E-state index < -0.39 is 11.6 Å². The largest absolute Gasteiger partial charge is 0.347 e. The average Bonchev–Trinajstić information content (AvgIpc) is 3.16. The number of halogens is 4. The molecule has 4 rings (SSSR count). The van der Waals surface area contributed by atoms with Crippen LogP contribution in [0.2, 0.25) is 5.02 Å². The van der Waals surface area contributed by atoms with Crippen molar-refractivity contribution in [2.75, 3.05) is 13.1 Å². The van der Waals surface area contributed by atoms with E-state index in [0.717, 1.165) is 23.9 Å². The van der Waals surface area contributed by atoms with Gasteiger partial charge in [0.1, 0.15) is 0 Å². The first-order valence-corrected chi connectivity index (χ1v) is 10.1. The molecule has 1 fully saturated rings. The number of aryl methyl sites for hydroxylation is 1. The Balaban J connectivity index is 0.00000272. The highest BCUT2D eigenvalue weighted by Crippen LogP contribution is 2.29. The monoisotopic (exact) mass is 466 g/mol. The summed E-state index contributed by atoms with van der Waals surface area (Å²) in [5.74, 6) is -2.20. The minimum absolute atomic E-state index is 0. The molecule has 0 aliphatic carbocycles. The fourth-order valence-electron chi connectivity index (χ4n) is 3.91. The van der Waals surface area contributed by atoms with Gasteiger partial charge in [-0.3, -0.25) is 9.48 Å². The van der Waals surface area contributed by atoms with Crippen LogP contribution in [0.5, 0.6) is 0 Å². The topological polar surface area (TPSA) is 59.0 Å². The summed E-state index contributed by atoms with van der Waals surface area (Å²) in [6.07, 6.45) is 2.39. The molecule has 31 heavy (non-hydrogen) atoms. The molecule has 0 bridgehead atoms. The number of carbonyl (C=O) groups excluding carboxylic acids is 1. The lowest BCUT2D eigenvalue weighted by Gasteiger charge is -2.33. The quantitative estimate of drug-likeness (QED) is 0.601. The van der Waals surface area contributed by atoms with Gasteiger partial charge in [0.15, 0.2) is 11.6 Å². The summed E-state index contributed by atoms with van der Waals surface area (Å²) in [4.78, 5) is 12.9. The fraction of sp³-hybridized carbons (Fsp3) is 0.273. The highest BCUT2D eigenvalue weighted by molar-refractivity contribution is 6.34. The van der Waals surface area contributed by atoms with E-state index in [1.165, 1.54) is 6.07 Å². The van der Waals surface area contributed by atoms with Gasteiger partial charge in [0.25, 0.3) is 5.91 Å². The molecule has 0 radical (unpaired) electrons. The molecule has 0 saturated carbocycles. The first kappa shape index (κ1) is 23.2. The van der Waals surface area contributed by atoms with Gasteiger partial charge in [0, 0.05) is 37.3 Å². The van der Waals surface area contributed by atoms with Crippen LogP contribution in [0.1, 0.15) is 28.3 Å². The first-order valence-electron chi connectivity index (χ1n) is 9.68. The van der Waals surface area contributed by atoms with Gasteiger partial charge in [-0.15, -0.1) is 12.4 Å². The predicted octanol–water partition coefficient (Wildman–Crippen LogP) is 4.32. The number of piperidine rings is 1. The Morgan fingerprint density at radius 2 is 2.00 bits per heavy atom. The van der Waals surface area contributed by atoms with Gasteiger partial charge in [-0.2, -0.15) is 5.10 Å². The lowest BCUT2D eigenvalue weighted by atomic mass is 9.85. The number of aromatic nitrogens is 2. The maximum absolute atomic E-state index is 13.7. The van der Waals surface area contributed by atoms with Gasteiger partial charge in [0.05, 0.1) is 16.3 Å². The molecular weight excluding hydrogens is 445 g/mol. The van der Waals surface area contributed by atoms with Gasteiger partial charge in [0.2, 0.25) is 0 Å². The molecule has 0 spiro atoms. The smallest absolute Gasteiger partial charge is 0.253 e. The Hall–Kier alpha value is -2.48. The SMILES string of the molecule is Cl.Cn1nccc1-c1ccc(C(=O)N[C@@H]2CNCC[C@H]2c2ccc(F)c(F)c2)c(Cl)c1. The summed E-state index contributed by atoms with van der Waals surface area (Å²) >= 11 is 6.41. The molecule has 1 aromatic heterocycles. The van der Waals surface area contributed by atoms with Gasteiger partial charge >= 0.3 is 0 Å². The summed E-state index contributed by atoms with van der Waals surface area (Å²) in [6.45, 7) is 1.26. The molecule has 1 saturated heterocycles. The van der Waals surface area contributed by atoms with Crippen LogP contribution in [0.25, 0.3) is 11.3 Å². The average molecular weight is 467 g/mol. The van der Waals surface area contributed by atoms with Crippen LogP contribution in [0.15, 0.2) is 48.7 Å². The Labute approximate surface area is 190 Å². The second-order valence-corrected chi connectivity index (χ2v) is 7.79. The third-order valence-corrected chi connectivity index (χ3v) is 5.81. The first-order chi connectivity index (χ1) is 14.4. The van der Waals surface area contributed by atoms with Gasteiger partial charge in [-0.25, -0.2) is 8.78 Å². The molecule has 2 N–H and O–H groups in total. The molecule has 0 unspecified atom stereocenters. The van der Waals surface area contributed by atoms with Crippen molar-refractivity contribution in [3.63, 3.8) is 0 Å². The molecule has 2 atom stereocenters. The number of amides is 1. The zero-order chi connectivity index (χ0) is 21.3. The predicted molar refractivity (Wildman–Crippen MR) is 119 cm³/mol. The number of carbonyl (C=O) groups is 1. The van der Waals surface area contributed by atoms with Crippen molar-refractivity contribution < 1.29 is 13.6 Å². The van der Waals surface area contributed by atoms with Crippen molar-refractivity contribution in [1.82, 2.24) is 20.4 Å². The van der Waals surface area contributed by atoms with E-state index in [2.05, 4.69) is 15.7 Å². The van der Waals surface area contributed by atoms with Gasteiger partial charge in [-0.1, -0.05) is 23.7 Å². The van der Waals surface area contributed by atoms with Gasteiger partial charge in [-0.05, 0) is 48.9 Å². The molecule has 2 aromatic carbocycles. The number of benzene rings is 2. The summed E-state index contributed by atoms with van der Waals surface area (Å²) in [5, 5.41) is 10.7. The minimum Gasteiger partial charge on any atom is -0.347 e. The van der Waals surface area contributed by atoms with Crippen molar-refractivity contribution in [2.45, 2.75) is 18.4 Å². The van der Waals surface area contributed by atoms with E-state index in [4.69, 9.17) is 11.6 Å². The van der Waals surface area contributed by atoms with Crippen molar-refractivity contribution in [3.05, 3.63) is 76.4 Å². The minimum atomic E-state index is -0.884. The fourth-order valence-corrected chi connectivity index (χ4v) is 4.18. The Bertz CT molecular complexity index is 1090. The standard InChI is InChI=1S/C22H21ClF2N4O.ClH/c1-29-21(7-9-27-29)14-2-4-16(17(23)10-14)22(30)28-20-12-26-8-6-15(20)13-3-5-18(24)19(25)11-13;/h2-5,7,9-11,15,20,26H,6,8,12H2,1H3,(H,28,30);1H/t15-,20+;/m0./s1. The Morgan fingerprint density at radius 3 is 2.68 bits per heavy atom. The van der Waals surface area contributed by atoms with Crippen LogP contribution < -0.4 is 10.6 Å². The summed E-state index contributed by atoms with van der Waals surface area (Å²) < 4.78 is 28.8. The molecular formula is C22H22Cl2F2N4O. The van der Waals surface area contributed by atoms with E-state index in [-0.39, 0.29) is 30.3 Å². The van der Waals surface area contributed by atoms with Crippen molar-refractivity contribution in [1.29, 1.82) is 0 Å². The van der Waals surface area contributed by atoms with Crippen molar-refractivity contribution in [2.24, 2.45) is 7.05 Å². The Kier molecular flexibility index (Phi) is 7.30. The zero-order valence-corrected chi connectivity index (χ0v) is 18.3.